The molecule has 0 unspecified atom stereocenters. The predicted octanol–water partition coefficient (Wildman–Crippen LogP) is 1.35. The van der Waals surface area contributed by atoms with E-state index in [1.807, 2.05) is 0 Å². The number of hydrogen-bond donors (Lipinski definition) is 3. The minimum Gasteiger partial charge on any atom is -0.349 e. The molecule has 13 heteroatoms. The molecule has 0 bridgehead atoms. The third-order valence-electron chi connectivity index (χ3n) is 5.45. The number of piperazine rings is 1. The molecule has 0 aliphatic carbocycles. The normalized spacial score (nSPS) is 26.2. The smallest absolute Gasteiger partial charge is 0.261 e. The third-order valence-corrected chi connectivity index (χ3v) is 8.30. The van der Waals surface area contributed by atoms with E-state index in [2.05, 4.69) is 10.0 Å². The van der Waals surface area contributed by atoms with Crippen molar-refractivity contribution in [2.75, 3.05) is 44.0 Å². The van der Waals surface area contributed by atoms with Gasteiger partial charge in [-0.25, -0.2) is 8.42 Å². The number of carbonyl (C=O) groups excluding carboxylic acids is 3. The van der Waals surface area contributed by atoms with Crippen molar-refractivity contribution in [2.24, 2.45) is 0 Å². The van der Waals surface area contributed by atoms with Gasteiger partial charge in [-0.1, -0.05) is 17.7 Å². The summed E-state index contributed by atoms with van der Waals surface area (Å²) in [6, 6.07) is 4.72. The number of anilines is 1. The molecule has 3 heterocycles. The highest BCUT2D eigenvalue weighted by molar-refractivity contribution is 7.89. The summed E-state index contributed by atoms with van der Waals surface area (Å²) in [4.78, 5) is 39.8. The van der Waals surface area contributed by atoms with Crippen molar-refractivity contribution in [1.29, 1.82) is 0 Å². The minimum absolute atomic E-state index is 0.0726. The molecule has 10 nitrogen and oxygen atoms in total. The van der Waals surface area contributed by atoms with E-state index in [4.69, 9.17) is 22.6 Å². The van der Waals surface area contributed by atoms with Gasteiger partial charge < -0.3 is 20.4 Å². The number of amides is 3. The Labute approximate surface area is 230 Å². The van der Waals surface area contributed by atoms with E-state index in [9.17, 15) is 22.8 Å². The molecule has 0 radical (unpaired) electrons. The van der Waals surface area contributed by atoms with E-state index in [-0.39, 0.29) is 36.9 Å². The zero-order chi connectivity index (χ0) is 33.0. The number of carbonyl (C=O) groups is 3. The average molecular weight is 562 g/mol. The van der Waals surface area contributed by atoms with Gasteiger partial charge in [-0.05, 0) is 43.2 Å². The lowest BCUT2D eigenvalue weighted by Gasteiger charge is -2.31. The fourth-order valence-electron chi connectivity index (χ4n) is 3.73. The zero-order valence-electron chi connectivity index (χ0n) is 26.9. The molecule has 1 atom stereocenters. The van der Waals surface area contributed by atoms with E-state index < -0.39 is 60.4 Å². The Bertz CT molecular complexity index is 1580. The Kier molecular flexibility index (Phi) is 5.59. The lowest BCUT2D eigenvalue weighted by molar-refractivity contribution is -0.133. The van der Waals surface area contributed by atoms with Gasteiger partial charge in [-0.3, -0.25) is 14.4 Å². The van der Waals surface area contributed by atoms with E-state index in [0.29, 0.717) is 18.7 Å². The van der Waals surface area contributed by atoms with E-state index in [1.54, 1.807) is 11.4 Å². The van der Waals surface area contributed by atoms with Crippen LogP contribution in [0, 0.1) is 6.92 Å². The lowest BCUT2D eigenvalue weighted by atomic mass is 10.2. The molecule has 2 saturated heterocycles. The maximum atomic E-state index is 13.9. The van der Waals surface area contributed by atoms with Gasteiger partial charge in [-0.2, -0.15) is 4.72 Å². The summed E-state index contributed by atoms with van der Waals surface area (Å²) >= 11 is 6.74. The van der Waals surface area contributed by atoms with Crippen LogP contribution in [0.3, 0.4) is 0 Å². The first-order valence-corrected chi connectivity index (χ1v) is 13.4. The van der Waals surface area contributed by atoms with Crippen LogP contribution in [0.4, 0.5) is 5.69 Å². The van der Waals surface area contributed by atoms with Crippen LogP contribution in [-0.2, 0) is 19.6 Å². The Balaban J connectivity index is 1.75. The quantitative estimate of drug-likeness (QED) is 0.446. The average Bonchev–Trinajstić information content (AvgIpc) is 3.52. The Morgan fingerprint density at radius 2 is 2.00 bits per heavy atom. The Morgan fingerprint density at radius 3 is 2.64 bits per heavy atom. The molecule has 36 heavy (non-hydrogen) atoms. The minimum atomic E-state index is -4.74. The number of rotatable bonds is 8. The molecule has 2 aliphatic heterocycles. The zero-order valence-corrected chi connectivity index (χ0v) is 21.3. The Morgan fingerprint density at radius 1 is 1.25 bits per heavy atom. The van der Waals surface area contributed by atoms with Crippen molar-refractivity contribution in [2.45, 2.75) is 30.7 Å². The first kappa shape index (κ1) is 17.9. The number of sulfonamides is 1. The molecular weight excluding hydrogens is 526 g/mol. The van der Waals surface area contributed by atoms with Crippen molar-refractivity contribution in [3.63, 3.8) is 0 Å². The molecule has 4 rings (SSSR count). The molecule has 1 aromatic carbocycles. The SMILES string of the molecule is [2H]C1([2H])NC([2H])([2H])C([2H])([2H])N(C(=O)[C@H](CNC(=O)c2ccc(Cl)s2)NS(=O)(=O)c2cccc(N3CCCC3=O)c2C)C1([2H])[2H]. The number of nitrogens with zero attached hydrogens (tertiary/aromatic N) is 2. The number of thiophene rings is 1. The second kappa shape index (κ2) is 11.3. The van der Waals surface area contributed by atoms with Gasteiger partial charge in [0.15, 0.2) is 0 Å². The number of hydrogen-bond acceptors (Lipinski definition) is 7. The second-order valence-electron chi connectivity index (χ2n) is 7.81. The molecular formula is C23H28ClN5O5S2. The second-order valence-corrected chi connectivity index (χ2v) is 11.2. The van der Waals surface area contributed by atoms with Gasteiger partial charge in [0.1, 0.15) is 6.04 Å². The van der Waals surface area contributed by atoms with Crippen LogP contribution in [0.25, 0.3) is 0 Å². The van der Waals surface area contributed by atoms with Gasteiger partial charge in [0.2, 0.25) is 21.8 Å². The molecule has 194 valence electrons. The Hall–Kier alpha value is -2.51. The van der Waals surface area contributed by atoms with Crippen LogP contribution in [0.2, 0.25) is 4.34 Å². The van der Waals surface area contributed by atoms with Crippen molar-refractivity contribution < 1.29 is 33.8 Å². The van der Waals surface area contributed by atoms with Gasteiger partial charge in [-0.15, -0.1) is 11.3 Å². The van der Waals surface area contributed by atoms with Crippen molar-refractivity contribution >= 4 is 56.4 Å². The van der Waals surface area contributed by atoms with Crippen LogP contribution in [0.1, 0.15) is 39.0 Å². The number of halogens is 1. The summed E-state index contributed by atoms with van der Waals surface area (Å²) in [5.74, 6) is -2.72. The van der Waals surface area contributed by atoms with Gasteiger partial charge >= 0.3 is 0 Å². The first-order chi connectivity index (χ1) is 20.1. The monoisotopic (exact) mass is 561 g/mol. The molecule has 3 amide bonds. The van der Waals surface area contributed by atoms with Crippen molar-refractivity contribution in [1.82, 2.24) is 20.3 Å². The van der Waals surface area contributed by atoms with Crippen LogP contribution in [-0.4, -0.2) is 76.2 Å². The highest BCUT2D eigenvalue weighted by Gasteiger charge is 2.32. The van der Waals surface area contributed by atoms with Crippen molar-refractivity contribution in [3.05, 3.63) is 45.1 Å². The number of benzene rings is 1. The summed E-state index contributed by atoms with van der Waals surface area (Å²) in [6.45, 7) is -12.9. The molecule has 3 N–H and O–H groups in total. The predicted molar refractivity (Wildman–Crippen MR) is 138 cm³/mol. The maximum Gasteiger partial charge on any atom is 0.261 e. The summed E-state index contributed by atoms with van der Waals surface area (Å²) < 4.78 is 94.9. The summed E-state index contributed by atoms with van der Waals surface area (Å²) in [5.41, 5.74) is 0.441. The topological polar surface area (TPSA) is 128 Å². The fraction of sp³-hybridized carbons (Fsp3) is 0.435. The molecule has 2 aromatic rings. The van der Waals surface area contributed by atoms with E-state index in [1.165, 1.54) is 36.1 Å². The highest BCUT2D eigenvalue weighted by atomic mass is 35.5. The van der Waals surface area contributed by atoms with E-state index in [0.717, 1.165) is 11.3 Å². The number of nitrogens with one attached hydrogen (secondary N) is 3. The molecule has 2 fully saturated rings. The van der Waals surface area contributed by atoms with Crippen LogP contribution in [0.15, 0.2) is 35.2 Å². The van der Waals surface area contributed by atoms with Crippen LogP contribution >= 0.6 is 22.9 Å². The lowest BCUT2D eigenvalue weighted by Crippen LogP contribution is -2.57. The van der Waals surface area contributed by atoms with Crippen LogP contribution in [0.5, 0.6) is 0 Å². The fourth-order valence-corrected chi connectivity index (χ4v) is 6.14. The molecule has 2 aliphatic rings. The molecule has 0 saturated carbocycles. The first-order valence-electron chi connectivity index (χ1n) is 14.7. The highest BCUT2D eigenvalue weighted by Crippen LogP contribution is 2.29. The van der Waals surface area contributed by atoms with Gasteiger partial charge in [0.25, 0.3) is 5.91 Å². The summed E-state index contributed by atoms with van der Waals surface area (Å²) in [5, 5.41) is 3.92. The van der Waals surface area contributed by atoms with Crippen LogP contribution < -0.4 is 20.3 Å². The summed E-state index contributed by atoms with van der Waals surface area (Å²) in [6.07, 6.45) is 0.838. The van der Waals surface area contributed by atoms with Gasteiger partial charge in [0.05, 0.1) is 19.6 Å². The van der Waals surface area contributed by atoms with Gasteiger partial charge in [0, 0.05) is 56.7 Å². The molecule has 1 aromatic heterocycles. The maximum absolute atomic E-state index is 13.9. The molecule has 0 spiro atoms. The van der Waals surface area contributed by atoms with E-state index >= 15 is 0 Å². The third kappa shape index (κ3) is 5.89. The van der Waals surface area contributed by atoms with Crippen molar-refractivity contribution in [3.8, 4) is 0 Å². The largest absolute Gasteiger partial charge is 0.349 e. The summed E-state index contributed by atoms with van der Waals surface area (Å²) in [7, 11) is -4.74. The standard InChI is InChI=1S/C23H28ClN5O5S2/c1-15-17(29-11-3-6-21(29)30)4-2-5-19(15)36(33,34)27-16(23(32)28-12-9-25-10-13-28)14-26-22(31)18-7-8-20(24)35-18/h2,4-5,7-8,16,25,27H,3,6,9-14H2,1H3,(H,26,31)/t16-/m0/s1/i9D2,10D2,12D2,13D2.